The van der Waals surface area contributed by atoms with Gasteiger partial charge in [0.2, 0.25) is 5.60 Å². The molecule has 0 spiro atoms. The Bertz CT molecular complexity index is 1240. The first kappa shape index (κ1) is 18.2. The van der Waals surface area contributed by atoms with Crippen molar-refractivity contribution in [2.75, 3.05) is 0 Å². The molecule has 0 fully saturated rings. The second-order valence-electron chi connectivity index (χ2n) is 8.34. The highest BCUT2D eigenvalue weighted by Gasteiger charge is 2.35. The molecule has 4 aromatic rings. The smallest absolute Gasteiger partial charge is 0.353 e. The van der Waals surface area contributed by atoms with E-state index >= 15 is 0 Å². The van der Waals surface area contributed by atoms with Crippen molar-refractivity contribution in [1.82, 2.24) is 9.38 Å². The molecule has 4 rings (SSSR count). The molecule has 6 heteroatoms. The number of hydrogen-bond acceptors (Lipinski definition) is 5. The van der Waals surface area contributed by atoms with Gasteiger partial charge >= 0.3 is 5.97 Å². The van der Waals surface area contributed by atoms with E-state index in [1.165, 1.54) is 0 Å². The average Bonchev–Trinajstić information content (AvgIpc) is 3.10. The first-order valence-electron chi connectivity index (χ1n) is 9.23. The Morgan fingerprint density at radius 1 is 1.04 bits per heavy atom. The zero-order valence-electron chi connectivity index (χ0n) is 16.7. The maximum Gasteiger partial charge on any atom is 0.353 e. The van der Waals surface area contributed by atoms with Crippen molar-refractivity contribution >= 4 is 33.3 Å². The summed E-state index contributed by atoms with van der Waals surface area (Å²) in [4.78, 5) is 22.8. The van der Waals surface area contributed by atoms with Gasteiger partial charge in [0.05, 0.1) is 11.0 Å². The summed E-state index contributed by atoms with van der Waals surface area (Å²) in [6.07, 6.45) is 3.74. The zero-order valence-corrected chi connectivity index (χ0v) is 16.7. The molecule has 0 aliphatic rings. The van der Waals surface area contributed by atoms with E-state index < -0.39 is 17.2 Å². The Morgan fingerprint density at radius 3 is 2.54 bits per heavy atom. The van der Waals surface area contributed by atoms with Gasteiger partial charge in [0.1, 0.15) is 11.1 Å². The summed E-state index contributed by atoms with van der Waals surface area (Å²) >= 11 is 0. The van der Waals surface area contributed by atoms with Crippen LogP contribution >= 0.6 is 0 Å². The van der Waals surface area contributed by atoms with Crippen LogP contribution in [0.15, 0.2) is 53.9 Å². The number of fused-ring (bicyclic) bond motifs is 2. The Kier molecular flexibility index (Phi) is 4.03. The Labute approximate surface area is 162 Å². The number of benzene rings is 1. The predicted molar refractivity (Wildman–Crippen MR) is 108 cm³/mol. The van der Waals surface area contributed by atoms with Gasteiger partial charge in [-0.1, -0.05) is 17.3 Å². The van der Waals surface area contributed by atoms with Gasteiger partial charge in [-0.2, -0.15) is 0 Å². The average molecular weight is 377 g/mol. The van der Waals surface area contributed by atoms with Crippen molar-refractivity contribution in [3.8, 4) is 0 Å². The highest BCUT2D eigenvalue weighted by Crippen LogP contribution is 2.25. The zero-order chi connectivity index (χ0) is 20.1. The van der Waals surface area contributed by atoms with Crippen LogP contribution in [0.2, 0.25) is 0 Å². The lowest BCUT2D eigenvalue weighted by Gasteiger charge is -2.26. The minimum absolute atomic E-state index is 0.470. The number of aromatic nitrogens is 2. The Balaban J connectivity index is 1.90. The van der Waals surface area contributed by atoms with E-state index in [0.717, 1.165) is 27.3 Å². The third kappa shape index (κ3) is 3.05. The number of carbonyl (C=O) groups excluding carboxylic acids is 1. The fraction of sp³-hybridized carbons (Fsp3) is 0.318. The van der Waals surface area contributed by atoms with Crippen molar-refractivity contribution in [2.24, 2.45) is 5.16 Å². The first-order chi connectivity index (χ1) is 13.2. The van der Waals surface area contributed by atoms with Gasteiger partial charge in [0.15, 0.2) is 5.36 Å². The molecule has 144 valence electrons. The quantitative estimate of drug-likeness (QED) is 0.399. The van der Waals surface area contributed by atoms with Crippen LogP contribution < -0.4 is 5.36 Å². The molecule has 0 unspecified atom stereocenters. The van der Waals surface area contributed by atoms with Gasteiger partial charge in [0.25, 0.3) is 0 Å². The largest absolute Gasteiger partial charge is 0.457 e. The summed E-state index contributed by atoms with van der Waals surface area (Å²) in [5, 5.41) is 7.04. The Morgan fingerprint density at radius 2 is 1.79 bits per heavy atom. The highest BCUT2D eigenvalue weighted by atomic mass is 16.7. The minimum atomic E-state index is -1.23. The molecule has 0 bridgehead atoms. The molecular weight excluding hydrogens is 354 g/mol. The lowest BCUT2D eigenvalue weighted by molar-refractivity contribution is -0.180. The van der Waals surface area contributed by atoms with E-state index in [0.29, 0.717) is 5.36 Å². The normalized spacial score (nSPS) is 13.5. The molecule has 0 saturated carbocycles. The molecule has 3 aromatic heterocycles. The van der Waals surface area contributed by atoms with E-state index in [1.807, 2.05) is 57.3 Å². The van der Waals surface area contributed by atoms with E-state index in [-0.39, 0.29) is 0 Å². The molecule has 0 saturated heterocycles. The number of hydrogen-bond donors (Lipinski definition) is 0. The number of nitrogens with zero attached hydrogens (tertiary/aromatic N) is 3. The minimum Gasteiger partial charge on any atom is -0.457 e. The SMILES string of the molecule is CC(C)(C)OC(=O)C(C)(C)O/N=c1/c2nccc3cccc(c32)n2cccc12. The van der Waals surface area contributed by atoms with Gasteiger partial charge in [-0.05, 0) is 64.3 Å². The monoisotopic (exact) mass is 377 g/mol. The summed E-state index contributed by atoms with van der Waals surface area (Å²) in [6, 6.07) is 12.0. The molecule has 28 heavy (non-hydrogen) atoms. The third-order valence-electron chi connectivity index (χ3n) is 4.50. The summed E-state index contributed by atoms with van der Waals surface area (Å²) in [5.74, 6) is -0.470. The maximum absolute atomic E-state index is 12.5. The predicted octanol–water partition coefficient (Wildman–Crippen LogP) is 4.03. The first-order valence-corrected chi connectivity index (χ1v) is 9.23. The highest BCUT2D eigenvalue weighted by molar-refractivity contribution is 6.08. The van der Waals surface area contributed by atoms with Crippen LogP contribution in [-0.2, 0) is 14.4 Å². The molecule has 0 N–H and O–H groups in total. The second-order valence-corrected chi connectivity index (χ2v) is 8.34. The van der Waals surface area contributed by atoms with E-state index in [9.17, 15) is 4.79 Å². The molecule has 3 heterocycles. The molecule has 0 radical (unpaired) electrons. The van der Waals surface area contributed by atoms with Crippen molar-refractivity contribution in [2.45, 2.75) is 45.8 Å². The summed E-state index contributed by atoms with van der Waals surface area (Å²) in [6.45, 7) is 8.76. The fourth-order valence-corrected chi connectivity index (χ4v) is 3.18. The van der Waals surface area contributed by atoms with Crippen LogP contribution in [0.5, 0.6) is 0 Å². The summed E-state index contributed by atoms with van der Waals surface area (Å²) in [5.41, 5.74) is 0.808. The maximum atomic E-state index is 12.5. The van der Waals surface area contributed by atoms with Crippen LogP contribution in [0.3, 0.4) is 0 Å². The van der Waals surface area contributed by atoms with Crippen molar-refractivity contribution in [3.63, 3.8) is 0 Å². The Hall–Kier alpha value is -3.15. The summed E-state index contributed by atoms with van der Waals surface area (Å²) in [7, 11) is 0. The van der Waals surface area contributed by atoms with Crippen LogP contribution in [0, 0.1) is 0 Å². The lowest BCUT2D eigenvalue weighted by atomic mass is 10.1. The van der Waals surface area contributed by atoms with Crippen molar-refractivity contribution in [1.29, 1.82) is 0 Å². The number of esters is 1. The standard InChI is InChI=1S/C22H23N3O3/c1-21(2,3)27-20(26)22(4,5)28-24-18-16-10-7-13-25(16)15-9-6-8-14-11-12-23-19(18)17(14)15/h6-13H,1-5H3/b24-18+. The van der Waals surface area contributed by atoms with Crippen LogP contribution in [-0.4, -0.2) is 26.6 Å². The summed E-state index contributed by atoms with van der Waals surface area (Å²) < 4.78 is 7.51. The van der Waals surface area contributed by atoms with Gasteiger partial charge in [-0.25, -0.2) is 4.79 Å². The number of pyridine rings is 2. The third-order valence-corrected chi connectivity index (χ3v) is 4.50. The van der Waals surface area contributed by atoms with E-state index in [4.69, 9.17) is 9.57 Å². The van der Waals surface area contributed by atoms with Gasteiger partial charge in [-0.3, -0.25) is 4.98 Å². The molecule has 1 aromatic carbocycles. The van der Waals surface area contributed by atoms with Crippen LogP contribution in [0.1, 0.15) is 34.6 Å². The van der Waals surface area contributed by atoms with Crippen molar-refractivity contribution in [3.05, 3.63) is 54.1 Å². The fourth-order valence-electron chi connectivity index (χ4n) is 3.18. The van der Waals surface area contributed by atoms with E-state index in [1.54, 1.807) is 20.0 Å². The van der Waals surface area contributed by atoms with Gasteiger partial charge in [-0.15, -0.1) is 0 Å². The number of rotatable bonds is 3. The molecule has 0 atom stereocenters. The molecule has 6 nitrogen and oxygen atoms in total. The second kappa shape index (κ2) is 6.19. The van der Waals surface area contributed by atoms with Gasteiger partial charge in [0, 0.05) is 17.8 Å². The molecular formula is C22H23N3O3. The van der Waals surface area contributed by atoms with Crippen LogP contribution in [0.25, 0.3) is 27.3 Å². The van der Waals surface area contributed by atoms with Gasteiger partial charge < -0.3 is 14.0 Å². The topological polar surface area (TPSA) is 65.2 Å². The molecule has 0 amide bonds. The molecule has 0 aliphatic heterocycles. The van der Waals surface area contributed by atoms with Crippen LogP contribution in [0.4, 0.5) is 0 Å². The lowest BCUT2D eigenvalue weighted by Crippen LogP contribution is -2.40. The van der Waals surface area contributed by atoms with Crippen molar-refractivity contribution < 1.29 is 14.4 Å². The van der Waals surface area contributed by atoms with E-state index in [2.05, 4.69) is 20.6 Å². The number of carbonyl (C=O) groups is 1. The molecule has 0 aliphatic carbocycles. The number of ether oxygens (including phenoxy) is 1.